The van der Waals surface area contributed by atoms with E-state index in [0.29, 0.717) is 16.2 Å². The van der Waals surface area contributed by atoms with E-state index in [1.807, 2.05) is 5.57 Å². The molecule has 0 aromatic rings. The molecule has 24 heavy (non-hydrogen) atoms. The van der Waals surface area contributed by atoms with Gasteiger partial charge in [0.2, 0.25) is 0 Å². The molecule has 0 radical (unpaired) electrons. The van der Waals surface area contributed by atoms with Gasteiger partial charge in [0.15, 0.2) is 0 Å². The average molecular weight is 327 g/mol. The van der Waals surface area contributed by atoms with Crippen LogP contribution in [-0.4, -0.2) is 0 Å². The standard InChI is InChI=1S/C24H38/c1-16-11-13-22(4)14-15-24(6)20(21(22)18(16)3)10-9-19-17(2)8-7-12-23(19,24)5/h8,10,16,18-19,21H,7,9,11-15H2,1-6H3/t16-,18+,19-,21+,22-,23-,24-/m1/s1. The fourth-order valence-electron chi connectivity index (χ4n) is 7.64. The molecule has 0 aromatic carbocycles. The molecule has 2 saturated carbocycles. The Hall–Kier alpha value is -0.520. The summed E-state index contributed by atoms with van der Waals surface area (Å²) in [5.74, 6) is 3.38. The highest BCUT2D eigenvalue weighted by atomic mass is 14.7. The molecule has 0 spiro atoms. The van der Waals surface area contributed by atoms with Crippen molar-refractivity contribution in [3.63, 3.8) is 0 Å². The highest BCUT2D eigenvalue weighted by Gasteiger charge is 2.61. The quantitative estimate of drug-likeness (QED) is 0.414. The van der Waals surface area contributed by atoms with Crippen LogP contribution in [0.2, 0.25) is 0 Å². The van der Waals surface area contributed by atoms with E-state index in [1.165, 1.54) is 44.9 Å². The minimum atomic E-state index is 0.431. The van der Waals surface area contributed by atoms with Gasteiger partial charge in [0.25, 0.3) is 0 Å². The highest BCUT2D eigenvalue weighted by Crippen LogP contribution is 2.70. The molecule has 7 atom stereocenters. The van der Waals surface area contributed by atoms with Crippen molar-refractivity contribution in [2.75, 3.05) is 0 Å². The summed E-state index contributed by atoms with van der Waals surface area (Å²) in [6.07, 6.45) is 15.1. The molecule has 4 aliphatic carbocycles. The van der Waals surface area contributed by atoms with Gasteiger partial charge >= 0.3 is 0 Å². The topological polar surface area (TPSA) is 0 Å². The third-order valence-electron chi connectivity index (χ3n) is 9.80. The number of hydrogen-bond donors (Lipinski definition) is 0. The van der Waals surface area contributed by atoms with E-state index in [2.05, 4.69) is 53.7 Å². The predicted molar refractivity (Wildman–Crippen MR) is 104 cm³/mol. The molecule has 0 heteroatoms. The van der Waals surface area contributed by atoms with Crippen LogP contribution in [0, 0.1) is 39.9 Å². The van der Waals surface area contributed by atoms with Crippen molar-refractivity contribution in [1.82, 2.24) is 0 Å². The maximum absolute atomic E-state index is 2.74. The minimum Gasteiger partial charge on any atom is -0.0853 e. The lowest BCUT2D eigenvalue weighted by molar-refractivity contribution is -0.0722. The number of fused-ring (bicyclic) bond motifs is 5. The molecule has 4 aliphatic rings. The van der Waals surface area contributed by atoms with Crippen LogP contribution in [0.3, 0.4) is 0 Å². The van der Waals surface area contributed by atoms with Crippen molar-refractivity contribution in [2.24, 2.45) is 39.9 Å². The van der Waals surface area contributed by atoms with Gasteiger partial charge in [-0.2, -0.15) is 0 Å². The Balaban J connectivity index is 1.82. The summed E-state index contributed by atoms with van der Waals surface area (Å²) in [5, 5.41) is 0. The molecule has 0 N–H and O–H groups in total. The smallest absolute Gasteiger partial charge is 0.00534 e. The zero-order valence-corrected chi connectivity index (χ0v) is 16.9. The van der Waals surface area contributed by atoms with Crippen LogP contribution >= 0.6 is 0 Å². The third kappa shape index (κ3) is 1.98. The van der Waals surface area contributed by atoms with Crippen molar-refractivity contribution in [2.45, 2.75) is 86.5 Å². The van der Waals surface area contributed by atoms with E-state index >= 15 is 0 Å². The van der Waals surface area contributed by atoms with Gasteiger partial charge in [-0.3, -0.25) is 0 Å². The SMILES string of the molecule is CC1=CCC[C@]2(C)[C@@H]1CC=C1[C@@H]3[C@@H](C)[C@H](C)CC[C@]3(C)CC[C@]12C. The Morgan fingerprint density at radius 1 is 0.958 bits per heavy atom. The molecule has 0 bridgehead atoms. The first-order valence-corrected chi connectivity index (χ1v) is 10.6. The maximum atomic E-state index is 2.74. The molecule has 0 aromatic heterocycles. The summed E-state index contributed by atoms with van der Waals surface area (Å²) in [7, 11) is 0. The molecule has 0 saturated heterocycles. The van der Waals surface area contributed by atoms with E-state index in [1.54, 1.807) is 5.57 Å². The lowest BCUT2D eigenvalue weighted by atomic mass is 9.39. The average Bonchev–Trinajstić information content (AvgIpc) is 2.53. The van der Waals surface area contributed by atoms with E-state index in [9.17, 15) is 0 Å². The van der Waals surface area contributed by atoms with Crippen molar-refractivity contribution >= 4 is 0 Å². The fraction of sp³-hybridized carbons (Fsp3) is 0.833. The third-order valence-corrected chi connectivity index (χ3v) is 9.80. The normalized spacial score (nSPS) is 54.1. The van der Waals surface area contributed by atoms with Crippen LogP contribution in [-0.2, 0) is 0 Å². The minimum absolute atomic E-state index is 0.431. The predicted octanol–water partition coefficient (Wildman–Crippen LogP) is 7.17. The molecule has 2 fully saturated rings. The molecule has 4 rings (SSSR count). The Bertz CT molecular complexity index is 595. The summed E-state index contributed by atoms with van der Waals surface area (Å²) in [6.45, 7) is 15.4. The van der Waals surface area contributed by atoms with E-state index in [-0.39, 0.29) is 0 Å². The van der Waals surface area contributed by atoms with Crippen molar-refractivity contribution in [1.29, 1.82) is 0 Å². The van der Waals surface area contributed by atoms with Crippen LogP contribution in [0.15, 0.2) is 23.3 Å². The first-order valence-electron chi connectivity index (χ1n) is 10.6. The van der Waals surface area contributed by atoms with Crippen LogP contribution < -0.4 is 0 Å². The fourth-order valence-corrected chi connectivity index (χ4v) is 7.64. The van der Waals surface area contributed by atoms with Crippen LogP contribution in [0.4, 0.5) is 0 Å². The number of hydrogen-bond acceptors (Lipinski definition) is 0. The van der Waals surface area contributed by atoms with Crippen molar-refractivity contribution < 1.29 is 0 Å². The Morgan fingerprint density at radius 2 is 1.71 bits per heavy atom. The van der Waals surface area contributed by atoms with Crippen molar-refractivity contribution in [3.05, 3.63) is 23.3 Å². The molecule has 0 aliphatic heterocycles. The van der Waals surface area contributed by atoms with Crippen LogP contribution in [0.1, 0.15) is 86.5 Å². The maximum Gasteiger partial charge on any atom is -0.00534 e. The first kappa shape index (κ1) is 16.9. The van der Waals surface area contributed by atoms with E-state index in [0.717, 1.165) is 23.7 Å². The summed E-state index contributed by atoms with van der Waals surface area (Å²) in [6, 6.07) is 0. The molecular weight excluding hydrogens is 288 g/mol. The monoisotopic (exact) mass is 326 g/mol. The zero-order chi connectivity index (χ0) is 17.3. The van der Waals surface area contributed by atoms with Gasteiger partial charge in [-0.1, -0.05) is 57.9 Å². The molecule has 134 valence electrons. The van der Waals surface area contributed by atoms with E-state index in [4.69, 9.17) is 0 Å². The van der Waals surface area contributed by atoms with Crippen LogP contribution in [0.5, 0.6) is 0 Å². The molecule has 0 heterocycles. The Morgan fingerprint density at radius 3 is 2.46 bits per heavy atom. The second-order valence-corrected chi connectivity index (χ2v) is 10.7. The van der Waals surface area contributed by atoms with Gasteiger partial charge in [-0.25, -0.2) is 0 Å². The van der Waals surface area contributed by atoms with Gasteiger partial charge in [0, 0.05) is 0 Å². The number of rotatable bonds is 0. The highest BCUT2D eigenvalue weighted by molar-refractivity contribution is 5.35. The molecule has 0 amide bonds. The lowest BCUT2D eigenvalue weighted by Crippen LogP contribution is -2.57. The van der Waals surface area contributed by atoms with Gasteiger partial charge < -0.3 is 0 Å². The largest absolute Gasteiger partial charge is 0.0853 e. The molecule has 0 nitrogen and oxygen atoms in total. The second-order valence-electron chi connectivity index (χ2n) is 10.7. The van der Waals surface area contributed by atoms with Crippen molar-refractivity contribution in [3.8, 4) is 0 Å². The van der Waals surface area contributed by atoms with Gasteiger partial charge in [0.05, 0.1) is 0 Å². The van der Waals surface area contributed by atoms with Crippen LogP contribution in [0.25, 0.3) is 0 Å². The first-order chi connectivity index (χ1) is 11.2. The summed E-state index contributed by atoms with van der Waals surface area (Å²) >= 11 is 0. The second kappa shape index (κ2) is 5.24. The number of allylic oxidation sites excluding steroid dienone is 4. The van der Waals surface area contributed by atoms with E-state index < -0.39 is 0 Å². The van der Waals surface area contributed by atoms with Gasteiger partial charge in [-0.05, 0) is 91.8 Å². The Kier molecular flexibility index (Phi) is 3.70. The summed E-state index contributed by atoms with van der Waals surface area (Å²) < 4.78 is 0. The van der Waals surface area contributed by atoms with Gasteiger partial charge in [-0.15, -0.1) is 0 Å². The summed E-state index contributed by atoms with van der Waals surface area (Å²) in [5.41, 5.74) is 5.06. The van der Waals surface area contributed by atoms with Gasteiger partial charge in [0.1, 0.15) is 0 Å². The Labute approximate surface area is 150 Å². The zero-order valence-electron chi connectivity index (χ0n) is 16.9. The molecular formula is C24H38. The summed E-state index contributed by atoms with van der Waals surface area (Å²) in [4.78, 5) is 0. The molecule has 0 unspecified atom stereocenters. The lowest BCUT2D eigenvalue weighted by Gasteiger charge is -2.65.